The van der Waals surface area contributed by atoms with Crippen molar-refractivity contribution in [2.45, 2.75) is 88.8 Å². The molecule has 7 rings (SSSR count). The lowest BCUT2D eigenvalue weighted by Gasteiger charge is -2.41. The SMILES string of the molecule is CCC(C1CCC1)[C@H](NC(=O)c1ccnn1C)C(=O)[N+](C)(c1cccc(C(c2nnc(C3CCC3)o2)N2CCOCC2)c1)C1CC1. The van der Waals surface area contributed by atoms with E-state index in [0.29, 0.717) is 36.6 Å². The van der Waals surface area contributed by atoms with Crippen LogP contribution < -0.4 is 9.80 Å². The molecule has 4 aliphatic rings. The topological polar surface area (TPSA) is 115 Å². The number of morpholine rings is 1. The summed E-state index contributed by atoms with van der Waals surface area (Å²) in [6, 6.07) is 9.45. The summed E-state index contributed by atoms with van der Waals surface area (Å²) < 4.78 is 13.8. The normalized spacial score (nSPS) is 22.7. The van der Waals surface area contributed by atoms with Crippen molar-refractivity contribution >= 4 is 17.5 Å². The van der Waals surface area contributed by atoms with Crippen LogP contribution in [0.4, 0.5) is 5.69 Å². The number of amides is 2. The third-order valence-electron chi connectivity index (χ3n) is 11.3. The Kier molecular flexibility index (Phi) is 8.82. The van der Waals surface area contributed by atoms with Crippen molar-refractivity contribution in [1.29, 1.82) is 0 Å². The molecule has 0 bridgehead atoms. The van der Waals surface area contributed by atoms with Crippen molar-refractivity contribution in [1.82, 2.24) is 34.7 Å². The largest absolute Gasteiger partial charge is 0.423 e. The monoisotopic (exact) mass is 630 g/mol. The van der Waals surface area contributed by atoms with Crippen LogP contribution in [0.15, 0.2) is 40.9 Å². The van der Waals surface area contributed by atoms with Crippen LogP contribution in [0.1, 0.15) is 105 Å². The van der Waals surface area contributed by atoms with Gasteiger partial charge in [-0.15, -0.1) is 10.2 Å². The summed E-state index contributed by atoms with van der Waals surface area (Å²) in [5.41, 5.74) is 2.42. The fourth-order valence-corrected chi connectivity index (χ4v) is 7.78. The molecule has 2 aromatic heterocycles. The molecule has 3 aromatic rings. The van der Waals surface area contributed by atoms with Crippen LogP contribution in [0.5, 0.6) is 0 Å². The highest BCUT2D eigenvalue weighted by Gasteiger charge is 2.54. The minimum absolute atomic E-state index is 0.0573. The Bertz CT molecular complexity index is 1530. The zero-order valence-corrected chi connectivity index (χ0v) is 27.4. The Balaban J connectivity index is 1.25. The fourth-order valence-electron chi connectivity index (χ4n) is 7.78. The number of quaternary nitrogens is 1. The van der Waals surface area contributed by atoms with Crippen LogP contribution in [0.25, 0.3) is 0 Å². The Hall–Kier alpha value is -3.41. The van der Waals surface area contributed by atoms with Crippen molar-refractivity contribution in [3.05, 3.63) is 59.6 Å². The molecule has 4 fully saturated rings. The molecule has 1 N–H and O–H groups in total. The summed E-state index contributed by atoms with van der Waals surface area (Å²) in [4.78, 5) is 31.1. The van der Waals surface area contributed by atoms with E-state index < -0.39 is 6.04 Å². The zero-order chi connectivity index (χ0) is 31.8. The molecule has 11 nitrogen and oxygen atoms in total. The first-order valence-electron chi connectivity index (χ1n) is 17.3. The van der Waals surface area contributed by atoms with Gasteiger partial charge in [0.25, 0.3) is 5.91 Å². The van der Waals surface area contributed by atoms with Crippen LogP contribution in [0, 0.1) is 11.8 Å². The zero-order valence-electron chi connectivity index (χ0n) is 27.4. The Morgan fingerprint density at radius 3 is 2.41 bits per heavy atom. The lowest BCUT2D eigenvalue weighted by atomic mass is 9.71. The average Bonchev–Trinajstić information content (AvgIpc) is 3.64. The highest BCUT2D eigenvalue weighted by molar-refractivity contribution is 6.00. The second-order valence-corrected chi connectivity index (χ2v) is 14.0. The predicted octanol–water partition coefficient (Wildman–Crippen LogP) is 4.74. The lowest BCUT2D eigenvalue weighted by molar-refractivity contribution is -0.134. The second-order valence-electron chi connectivity index (χ2n) is 14.0. The van der Waals surface area contributed by atoms with E-state index in [1.807, 2.05) is 0 Å². The van der Waals surface area contributed by atoms with Crippen molar-refractivity contribution in [3.63, 3.8) is 0 Å². The van der Waals surface area contributed by atoms with Crippen LogP contribution in [-0.4, -0.2) is 82.1 Å². The van der Waals surface area contributed by atoms with Crippen LogP contribution >= 0.6 is 0 Å². The highest BCUT2D eigenvalue weighted by atomic mass is 16.5. The molecule has 11 heteroatoms. The Labute approximate surface area is 271 Å². The van der Waals surface area contributed by atoms with Gasteiger partial charge in [-0.3, -0.25) is 14.4 Å². The molecular formula is C35H48N7O4+. The number of likely N-dealkylation sites (N-methyl/N-ethyl adjacent to an activating group) is 1. The van der Waals surface area contributed by atoms with Gasteiger partial charge in [0.1, 0.15) is 29.5 Å². The maximum atomic E-state index is 15.1. The van der Waals surface area contributed by atoms with Crippen LogP contribution in [0.3, 0.4) is 0 Å². The predicted molar refractivity (Wildman–Crippen MR) is 173 cm³/mol. The number of rotatable bonds is 12. The summed E-state index contributed by atoms with van der Waals surface area (Å²) in [6.07, 6.45) is 11.1. The van der Waals surface area contributed by atoms with Crippen molar-refractivity contribution < 1.29 is 18.7 Å². The van der Waals surface area contributed by atoms with Gasteiger partial charge in [0.05, 0.1) is 20.3 Å². The first kappa shape index (κ1) is 31.2. The van der Waals surface area contributed by atoms with E-state index in [4.69, 9.17) is 9.15 Å². The molecular weight excluding hydrogens is 582 g/mol. The summed E-state index contributed by atoms with van der Waals surface area (Å²) in [7, 11) is 3.81. The molecule has 1 saturated heterocycles. The molecule has 2 amide bonds. The number of carbonyl (C=O) groups is 2. The highest BCUT2D eigenvalue weighted by Crippen LogP contribution is 2.44. The molecule has 0 spiro atoms. The molecule has 1 aromatic carbocycles. The van der Waals surface area contributed by atoms with Gasteiger partial charge in [-0.1, -0.05) is 51.2 Å². The van der Waals surface area contributed by atoms with E-state index in [-0.39, 0.29) is 34.3 Å². The average molecular weight is 631 g/mol. The molecule has 0 radical (unpaired) electrons. The number of carbonyl (C=O) groups excluding carboxylic acids is 2. The molecule has 46 heavy (non-hydrogen) atoms. The fraction of sp³-hybridized carbons (Fsp3) is 0.629. The Morgan fingerprint density at radius 2 is 1.80 bits per heavy atom. The number of ether oxygens (including phenoxy) is 1. The maximum Gasteiger partial charge on any atom is 0.341 e. The number of aryl methyl sites for hydroxylation is 1. The van der Waals surface area contributed by atoms with Crippen molar-refractivity contribution in [2.75, 3.05) is 33.4 Å². The number of benzene rings is 1. The second kappa shape index (κ2) is 13.0. The van der Waals surface area contributed by atoms with Crippen LogP contribution in [0.2, 0.25) is 0 Å². The van der Waals surface area contributed by atoms with E-state index in [9.17, 15) is 4.79 Å². The molecule has 3 aliphatic carbocycles. The van der Waals surface area contributed by atoms with E-state index in [2.05, 4.69) is 63.7 Å². The van der Waals surface area contributed by atoms with Gasteiger partial charge in [0.2, 0.25) is 11.8 Å². The van der Waals surface area contributed by atoms with E-state index in [1.54, 1.807) is 24.0 Å². The van der Waals surface area contributed by atoms with E-state index in [1.165, 1.54) is 12.8 Å². The first-order valence-corrected chi connectivity index (χ1v) is 17.3. The molecule has 1 aliphatic heterocycles. The van der Waals surface area contributed by atoms with Crippen molar-refractivity contribution in [2.24, 2.45) is 18.9 Å². The summed E-state index contributed by atoms with van der Waals surface area (Å²) in [5.74, 6) is 1.99. The van der Waals surface area contributed by atoms with Crippen LogP contribution in [-0.2, 0) is 16.6 Å². The summed E-state index contributed by atoms with van der Waals surface area (Å²) >= 11 is 0. The number of hydrogen-bond donors (Lipinski definition) is 1. The van der Waals surface area contributed by atoms with Gasteiger partial charge in [-0.2, -0.15) is 5.10 Å². The molecule has 3 heterocycles. The van der Waals surface area contributed by atoms with E-state index >= 15 is 4.79 Å². The molecule has 3 saturated carbocycles. The summed E-state index contributed by atoms with van der Waals surface area (Å²) in [5, 5.41) is 16.5. The van der Waals surface area contributed by atoms with Gasteiger partial charge in [-0.05, 0) is 42.4 Å². The number of aromatic nitrogens is 4. The third kappa shape index (κ3) is 5.82. The third-order valence-corrected chi connectivity index (χ3v) is 11.3. The minimum atomic E-state index is -0.608. The molecule has 4 atom stereocenters. The number of nitrogens with zero attached hydrogens (tertiary/aromatic N) is 6. The molecule has 246 valence electrons. The minimum Gasteiger partial charge on any atom is -0.423 e. The van der Waals surface area contributed by atoms with Crippen molar-refractivity contribution in [3.8, 4) is 0 Å². The quantitative estimate of drug-likeness (QED) is 0.286. The maximum absolute atomic E-state index is 15.1. The van der Waals surface area contributed by atoms with Gasteiger partial charge < -0.3 is 14.5 Å². The van der Waals surface area contributed by atoms with Gasteiger partial charge in [0, 0.05) is 51.2 Å². The molecule has 3 unspecified atom stereocenters. The lowest BCUT2D eigenvalue weighted by Crippen LogP contribution is -2.63. The van der Waals surface area contributed by atoms with Gasteiger partial charge in [0.15, 0.2) is 0 Å². The smallest absolute Gasteiger partial charge is 0.341 e. The Morgan fingerprint density at radius 1 is 1.04 bits per heavy atom. The first-order chi connectivity index (χ1) is 22.4. The summed E-state index contributed by atoms with van der Waals surface area (Å²) in [6.45, 7) is 4.95. The van der Waals surface area contributed by atoms with E-state index in [0.717, 1.165) is 75.2 Å². The van der Waals surface area contributed by atoms with Gasteiger partial charge >= 0.3 is 5.91 Å². The standard InChI is InChI=1S/C35H47N7O4/c1-4-28(23-8-5-9-23)30(37-32(43)29-16-17-36-40(29)2)35(44)42(3,26-14-15-26)27-13-7-12-25(22-27)31(41-18-20-45-21-19-41)34-39-38-33(46-34)24-10-6-11-24/h7,12-13,16-17,22-24,26,28,30-31H,4-6,8-11,14-15,18-21H2,1-3H3/p+1/t28?,30-,31?,42?/m0/s1. The number of nitrogens with one attached hydrogen (secondary N) is 1. The van der Waals surface area contributed by atoms with Gasteiger partial charge in [-0.25, -0.2) is 9.28 Å². The number of hydrogen-bond acceptors (Lipinski definition) is 8.